The van der Waals surface area contributed by atoms with Gasteiger partial charge < -0.3 is 20.1 Å². The molecule has 1 unspecified atom stereocenters. The zero-order valence-corrected chi connectivity index (χ0v) is 18.2. The standard InChI is InChI=1S/C24H25ClN4O3/c25-23-22(28-16-30)24(27-15-26-23)29-21-19(13-31-11-17-7-3-1-4-8-17)20(21)14-32-12-18-9-5-2-6-10-18/h1-10,15-16,19-21H,11-14H2,(H,28,30)(H,26,27,29)/t19-,20+,21?. The monoisotopic (exact) mass is 452 g/mol. The molecule has 1 fully saturated rings. The van der Waals surface area contributed by atoms with E-state index in [9.17, 15) is 4.79 Å². The lowest BCUT2D eigenvalue weighted by atomic mass is 10.2. The van der Waals surface area contributed by atoms with Crippen molar-refractivity contribution >= 4 is 29.5 Å². The van der Waals surface area contributed by atoms with E-state index in [0.29, 0.717) is 44.3 Å². The molecule has 1 saturated carbocycles. The number of halogens is 1. The van der Waals surface area contributed by atoms with Crippen LogP contribution in [0.15, 0.2) is 67.0 Å². The third kappa shape index (κ3) is 5.82. The van der Waals surface area contributed by atoms with Gasteiger partial charge in [0.25, 0.3) is 0 Å². The highest BCUT2D eigenvalue weighted by molar-refractivity contribution is 6.32. The van der Waals surface area contributed by atoms with Crippen LogP contribution >= 0.6 is 11.6 Å². The maximum absolute atomic E-state index is 11.0. The van der Waals surface area contributed by atoms with Crippen molar-refractivity contribution < 1.29 is 14.3 Å². The molecular formula is C24H25ClN4O3. The van der Waals surface area contributed by atoms with Crippen molar-refractivity contribution in [3.8, 4) is 0 Å². The molecule has 7 nitrogen and oxygen atoms in total. The number of amides is 1. The van der Waals surface area contributed by atoms with Crippen LogP contribution in [0.5, 0.6) is 0 Å². The minimum atomic E-state index is 0.0831. The molecule has 0 bridgehead atoms. The Labute approximate surface area is 192 Å². The predicted molar refractivity (Wildman–Crippen MR) is 123 cm³/mol. The van der Waals surface area contributed by atoms with Crippen LogP contribution in [0.2, 0.25) is 5.15 Å². The predicted octanol–water partition coefficient (Wildman–Crippen LogP) is 4.16. The first-order chi connectivity index (χ1) is 15.8. The highest BCUT2D eigenvalue weighted by atomic mass is 35.5. The largest absolute Gasteiger partial charge is 0.376 e. The van der Waals surface area contributed by atoms with Crippen molar-refractivity contribution in [1.82, 2.24) is 9.97 Å². The number of rotatable bonds is 12. The van der Waals surface area contributed by atoms with E-state index in [2.05, 4.69) is 20.6 Å². The van der Waals surface area contributed by atoms with E-state index in [0.717, 1.165) is 11.1 Å². The number of hydrogen-bond donors (Lipinski definition) is 2. The third-order valence-corrected chi connectivity index (χ3v) is 5.77. The van der Waals surface area contributed by atoms with E-state index in [4.69, 9.17) is 21.1 Å². The summed E-state index contributed by atoms with van der Waals surface area (Å²) in [5.41, 5.74) is 2.63. The van der Waals surface area contributed by atoms with E-state index in [-0.39, 0.29) is 23.0 Å². The molecule has 4 rings (SSSR count). The summed E-state index contributed by atoms with van der Waals surface area (Å²) < 4.78 is 12.0. The fourth-order valence-electron chi connectivity index (χ4n) is 3.71. The van der Waals surface area contributed by atoms with E-state index < -0.39 is 0 Å². The molecule has 0 aliphatic heterocycles. The number of nitrogens with one attached hydrogen (secondary N) is 2. The minimum Gasteiger partial charge on any atom is -0.376 e. The van der Waals surface area contributed by atoms with Crippen LogP contribution in [-0.2, 0) is 27.5 Å². The number of ether oxygens (including phenoxy) is 2. The van der Waals surface area contributed by atoms with Crippen molar-refractivity contribution in [2.75, 3.05) is 23.8 Å². The number of carbonyl (C=O) groups is 1. The van der Waals surface area contributed by atoms with Crippen LogP contribution in [0, 0.1) is 11.8 Å². The molecule has 32 heavy (non-hydrogen) atoms. The second-order valence-corrected chi connectivity index (χ2v) is 8.01. The molecule has 0 spiro atoms. The van der Waals surface area contributed by atoms with Gasteiger partial charge in [-0.2, -0.15) is 0 Å². The first kappa shape index (κ1) is 22.2. The summed E-state index contributed by atoms with van der Waals surface area (Å²) in [6.07, 6.45) is 1.93. The van der Waals surface area contributed by atoms with Gasteiger partial charge in [0.2, 0.25) is 6.41 Å². The summed E-state index contributed by atoms with van der Waals surface area (Å²) in [6.45, 7) is 2.28. The van der Waals surface area contributed by atoms with Crippen LogP contribution in [-0.4, -0.2) is 35.6 Å². The van der Waals surface area contributed by atoms with Gasteiger partial charge in [-0.15, -0.1) is 0 Å². The summed E-state index contributed by atoms with van der Waals surface area (Å²) in [6, 6.07) is 20.2. The number of benzene rings is 2. The molecule has 2 N–H and O–H groups in total. The molecule has 3 atom stereocenters. The highest BCUT2D eigenvalue weighted by Crippen LogP contribution is 2.43. The topological polar surface area (TPSA) is 85.4 Å². The van der Waals surface area contributed by atoms with Gasteiger partial charge >= 0.3 is 0 Å². The molecule has 8 heteroatoms. The molecule has 1 amide bonds. The van der Waals surface area contributed by atoms with Gasteiger partial charge in [0.05, 0.1) is 26.4 Å². The Morgan fingerprint density at radius 3 is 1.97 bits per heavy atom. The zero-order chi connectivity index (χ0) is 22.2. The maximum atomic E-state index is 11.0. The van der Waals surface area contributed by atoms with Crippen molar-refractivity contribution in [3.05, 3.63) is 83.3 Å². The van der Waals surface area contributed by atoms with Crippen LogP contribution in [0.3, 0.4) is 0 Å². The Balaban J connectivity index is 1.37. The van der Waals surface area contributed by atoms with Gasteiger partial charge in [-0.05, 0) is 11.1 Å². The van der Waals surface area contributed by atoms with Crippen molar-refractivity contribution in [1.29, 1.82) is 0 Å². The lowest BCUT2D eigenvalue weighted by Gasteiger charge is -2.11. The number of nitrogens with zero attached hydrogens (tertiary/aromatic N) is 2. The van der Waals surface area contributed by atoms with Gasteiger partial charge in [-0.3, -0.25) is 4.79 Å². The first-order valence-corrected chi connectivity index (χ1v) is 10.8. The van der Waals surface area contributed by atoms with E-state index >= 15 is 0 Å². The SMILES string of the molecule is O=CNc1c(Cl)ncnc1NC1[C@@H](COCc2ccccc2)[C@H]1COCc1ccccc1. The Morgan fingerprint density at radius 1 is 0.875 bits per heavy atom. The van der Waals surface area contributed by atoms with Crippen molar-refractivity contribution in [3.63, 3.8) is 0 Å². The minimum absolute atomic E-state index is 0.0831. The molecule has 1 aromatic heterocycles. The second kappa shape index (κ2) is 11.0. The molecule has 1 heterocycles. The normalized spacial score (nSPS) is 19.3. The summed E-state index contributed by atoms with van der Waals surface area (Å²) in [5.74, 6) is 0.973. The number of carbonyl (C=O) groups excluding carboxylic acids is 1. The molecule has 2 aromatic carbocycles. The summed E-state index contributed by atoms with van der Waals surface area (Å²) in [5, 5.41) is 6.15. The number of anilines is 2. The van der Waals surface area contributed by atoms with Gasteiger partial charge in [0, 0.05) is 17.9 Å². The fourth-order valence-corrected chi connectivity index (χ4v) is 3.89. The van der Waals surface area contributed by atoms with Crippen LogP contribution < -0.4 is 10.6 Å². The maximum Gasteiger partial charge on any atom is 0.211 e. The highest BCUT2D eigenvalue weighted by Gasteiger charge is 2.50. The van der Waals surface area contributed by atoms with Gasteiger partial charge in [0.1, 0.15) is 12.0 Å². The van der Waals surface area contributed by atoms with Gasteiger partial charge in [0.15, 0.2) is 11.0 Å². The molecular weight excluding hydrogens is 428 g/mol. The lowest BCUT2D eigenvalue weighted by molar-refractivity contribution is -0.105. The number of hydrogen-bond acceptors (Lipinski definition) is 6. The smallest absolute Gasteiger partial charge is 0.211 e. The Morgan fingerprint density at radius 2 is 1.44 bits per heavy atom. The summed E-state index contributed by atoms with van der Waals surface area (Å²) in [7, 11) is 0. The quantitative estimate of drug-likeness (QED) is 0.317. The molecule has 3 aromatic rings. The van der Waals surface area contributed by atoms with Crippen LogP contribution in [0.25, 0.3) is 0 Å². The molecule has 1 aliphatic rings. The van der Waals surface area contributed by atoms with Gasteiger partial charge in [-0.1, -0.05) is 72.3 Å². The van der Waals surface area contributed by atoms with E-state index in [1.807, 2.05) is 60.7 Å². The molecule has 166 valence electrons. The summed E-state index contributed by atoms with van der Waals surface area (Å²) in [4.78, 5) is 19.2. The van der Waals surface area contributed by atoms with Crippen molar-refractivity contribution in [2.24, 2.45) is 11.8 Å². The third-order valence-electron chi connectivity index (χ3n) is 5.48. The van der Waals surface area contributed by atoms with Crippen LogP contribution in [0.4, 0.5) is 11.5 Å². The van der Waals surface area contributed by atoms with Gasteiger partial charge in [-0.25, -0.2) is 9.97 Å². The average Bonchev–Trinajstić information content (AvgIpc) is 3.47. The Kier molecular flexibility index (Phi) is 7.66. The Bertz CT molecular complexity index is 955. The van der Waals surface area contributed by atoms with Crippen molar-refractivity contribution in [2.45, 2.75) is 19.3 Å². The fraction of sp³-hybridized carbons (Fsp3) is 0.292. The number of aromatic nitrogens is 2. The zero-order valence-electron chi connectivity index (χ0n) is 17.5. The molecule has 1 aliphatic carbocycles. The molecule has 0 radical (unpaired) electrons. The lowest BCUT2D eigenvalue weighted by Crippen LogP contribution is -2.13. The summed E-state index contributed by atoms with van der Waals surface area (Å²) >= 11 is 6.13. The second-order valence-electron chi connectivity index (χ2n) is 7.65. The first-order valence-electron chi connectivity index (χ1n) is 10.5. The Hall–Kier alpha value is -3.00. The molecule has 0 saturated heterocycles. The van der Waals surface area contributed by atoms with Crippen LogP contribution in [0.1, 0.15) is 11.1 Å². The van der Waals surface area contributed by atoms with E-state index in [1.54, 1.807) is 0 Å². The average molecular weight is 453 g/mol. The van der Waals surface area contributed by atoms with E-state index in [1.165, 1.54) is 6.33 Å².